The highest BCUT2D eigenvalue weighted by Crippen LogP contribution is 2.38. The molecule has 0 radical (unpaired) electrons. The van der Waals surface area contributed by atoms with Crippen molar-refractivity contribution in [2.24, 2.45) is 0 Å². The molecule has 0 heterocycles. The Morgan fingerprint density at radius 2 is 1.11 bits per heavy atom. The van der Waals surface area contributed by atoms with E-state index in [0.29, 0.717) is 3.57 Å². The minimum absolute atomic E-state index is 0. The molecule has 0 amide bonds. The van der Waals surface area contributed by atoms with Crippen LogP contribution in [0.1, 0.15) is 1.43 Å². The Bertz CT molecular complexity index is 1310. The van der Waals surface area contributed by atoms with Gasteiger partial charge < -0.3 is 30.5 Å². The highest BCUT2D eigenvalue weighted by atomic mass is 127. The van der Waals surface area contributed by atoms with E-state index in [1.807, 2.05) is 22.6 Å². The predicted octanol–water partition coefficient (Wildman–Crippen LogP) is 5.66. The van der Waals surface area contributed by atoms with Crippen LogP contribution in [0, 0.1) is 15.2 Å². The number of benzene rings is 4. The molecule has 4 aromatic carbocycles. The van der Waals surface area contributed by atoms with Gasteiger partial charge in [0.1, 0.15) is 34.6 Å². The van der Waals surface area contributed by atoms with Crippen LogP contribution in [-0.4, -0.2) is 37.6 Å². The lowest BCUT2D eigenvalue weighted by Gasteiger charge is -2.08. The third-order valence-electron chi connectivity index (χ3n) is 4.42. The molecule has 0 unspecified atom stereocenters. The van der Waals surface area contributed by atoms with E-state index in [1.165, 1.54) is 54.6 Å². The molecule has 0 saturated heterocycles. The van der Waals surface area contributed by atoms with Crippen LogP contribution in [-0.2, 0) is 0 Å². The third kappa shape index (κ3) is 8.14. The first-order valence-electron chi connectivity index (χ1n) is 9.86. The number of rotatable bonds is 2. The van der Waals surface area contributed by atoms with E-state index in [2.05, 4.69) is 0 Å². The van der Waals surface area contributed by atoms with Crippen molar-refractivity contribution in [3.05, 3.63) is 98.0 Å². The summed E-state index contributed by atoms with van der Waals surface area (Å²) in [5, 5.41) is 54.6. The average Bonchev–Trinajstić information content (AvgIpc) is 2.79. The quantitative estimate of drug-likeness (QED) is 0.123. The molecule has 0 fully saturated rings. The fourth-order valence-corrected chi connectivity index (χ4v) is 3.39. The Morgan fingerprint density at radius 3 is 1.53 bits per heavy atom. The zero-order valence-corrected chi connectivity index (χ0v) is 21.7. The summed E-state index contributed by atoms with van der Waals surface area (Å²) < 4.78 is 26.8. The lowest BCUT2D eigenvalue weighted by atomic mass is 9.80. The number of hydrogen-bond donors (Lipinski definition) is 6. The summed E-state index contributed by atoms with van der Waals surface area (Å²) in [6, 6.07) is 16.5. The summed E-state index contributed by atoms with van der Waals surface area (Å²) in [6.07, 6.45) is 0. The van der Waals surface area contributed by atoms with Crippen molar-refractivity contribution in [2.45, 2.75) is 0 Å². The Labute approximate surface area is 230 Å². The van der Waals surface area contributed by atoms with E-state index < -0.39 is 18.8 Å². The lowest BCUT2D eigenvalue weighted by Crippen LogP contribution is -2.32. The fourth-order valence-electron chi connectivity index (χ4n) is 2.72. The summed E-state index contributed by atoms with van der Waals surface area (Å²) >= 11 is 12.9. The van der Waals surface area contributed by atoms with Gasteiger partial charge in [-0.15, -0.1) is 0 Å². The van der Waals surface area contributed by atoms with Gasteiger partial charge in [0.05, 0.1) is 9.13 Å². The van der Waals surface area contributed by atoms with Crippen LogP contribution in [0.25, 0.3) is 11.1 Å². The first-order chi connectivity index (χ1) is 16.9. The van der Waals surface area contributed by atoms with Crippen LogP contribution in [0.4, 0.5) is 8.78 Å². The monoisotopic (exact) mass is 652 g/mol. The van der Waals surface area contributed by atoms with Gasteiger partial charge in [-0.25, -0.2) is 8.78 Å². The normalized spacial score (nSPS) is 9.97. The Hall–Kier alpha value is -2.77. The summed E-state index contributed by atoms with van der Waals surface area (Å²) in [5.41, 5.74) is 0.00562. The number of aromatic hydroxyl groups is 4. The fraction of sp³-hybridized carbons (Fsp3) is 0. The van der Waals surface area contributed by atoms with Gasteiger partial charge in [-0.3, -0.25) is 0 Å². The second kappa shape index (κ2) is 13.5. The maximum Gasteiger partial charge on any atom is 0.491 e. The standard InChI is InChI=1S/C12H8ClFO2.C6H5BClFO2.C6H5IO2.H2/c13-7-4-5-8(9(14)6-7)12-10(15)2-1-3-11(12)16;8-4-1-2-5(7(10)11)6(9)3-4;7-6-4(8)2-1-3-5(6)9;/h1-6,15-16H;1-3,10-11H;1-3,8-9H;1H/i;;;1+2. The van der Waals surface area contributed by atoms with Gasteiger partial charge in [0.2, 0.25) is 0 Å². The van der Waals surface area contributed by atoms with Crippen LogP contribution in [0.5, 0.6) is 23.0 Å². The molecule has 4 aromatic rings. The topological polar surface area (TPSA) is 121 Å². The Morgan fingerprint density at radius 1 is 0.667 bits per heavy atom. The zero-order chi connectivity index (χ0) is 27.0. The molecule has 0 bridgehead atoms. The molecular formula is C24H20BCl2F2IO6. The molecule has 0 spiro atoms. The van der Waals surface area contributed by atoms with Crippen molar-refractivity contribution in [3.63, 3.8) is 0 Å². The van der Waals surface area contributed by atoms with Gasteiger partial charge in [-0.05, 0) is 77.2 Å². The van der Waals surface area contributed by atoms with Crippen molar-refractivity contribution >= 4 is 58.4 Å². The summed E-state index contributed by atoms with van der Waals surface area (Å²) in [5.74, 6) is -1.43. The third-order valence-corrected chi connectivity index (χ3v) is 6.00. The van der Waals surface area contributed by atoms with Gasteiger partial charge in [0.25, 0.3) is 0 Å². The van der Waals surface area contributed by atoms with E-state index in [1.54, 1.807) is 6.07 Å². The minimum Gasteiger partial charge on any atom is -0.507 e. The van der Waals surface area contributed by atoms with Crippen LogP contribution in [0.15, 0.2) is 72.8 Å². The minimum atomic E-state index is -1.78. The smallest absolute Gasteiger partial charge is 0.491 e. The van der Waals surface area contributed by atoms with E-state index >= 15 is 0 Å². The number of halogens is 5. The zero-order valence-electron chi connectivity index (χ0n) is 18.1. The molecule has 190 valence electrons. The highest BCUT2D eigenvalue weighted by Gasteiger charge is 2.16. The van der Waals surface area contributed by atoms with Crippen molar-refractivity contribution in [1.29, 1.82) is 0 Å². The van der Waals surface area contributed by atoms with Crippen molar-refractivity contribution in [1.82, 2.24) is 0 Å². The maximum atomic E-state index is 13.6. The molecule has 0 aliphatic heterocycles. The average molecular weight is 653 g/mol. The van der Waals surface area contributed by atoms with Crippen molar-refractivity contribution in [3.8, 4) is 34.1 Å². The Balaban J connectivity index is 0.000000287. The first-order valence-corrected chi connectivity index (χ1v) is 11.7. The summed E-state index contributed by atoms with van der Waals surface area (Å²) in [7, 11) is -1.78. The van der Waals surface area contributed by atoms with Crippen molar-refractivity contribution in [2.75, 3.05) is 0 Å². The molecular weight excluding hydrogens is 631 g/mol. The predicted molar refractivity (Wildman–Crippen MR) is 146 cm³/mol. The molecule has 4 rings (SSSR count). The second-order valence-corrected chi connectivity index (χ2v) is 8.90. The second-order valence-electron chi connectivity index (χ2n) is 6.95. The Kier molecular flexibility index (Phi) is 11.1. The van der Waals surface area contributed by atoms with Gasteiger partial charge in [0.15, 0.2) is 0 Å². The number of phenolic OH excluding ortho intramolecular Hbond substituents is 4. The highest BCUT2D eigenvalue weighted by molar-refractivity contribution is 14.1. The molecule has 36 heavy (non-hydrogen) atoms. The van der Waals surface area contributed by atoms with Crippen LogP contribution in [0.2, 0.25) is 10.0 Å². The number of phenols is 4. The maximum absolute atomic E-state index is 13.6. The van der Waals surface area contributed by atoms with Gasteiger partial charge in [-0.2, -0.15) is 0 Å². The van der Waals surface area contributed by atoms with Gasteiger partial charge >= 0.3 is 7.12 Å². The SMILES string of the molecule is OB(O)c1ccc(Cl)cc1F.Oc1cccc(O)c1-c1ccc(Cl)cc1F.Oc1cccc(O)c1I.[3HH]. The number of hydrogen-bond acceptors (Lipinski definition) is 6. The van der Waals surface area contributed by atoms with Crippen LogP contribution < -0.4 is 5.46 Å². The van der Waals surface area contributed by atoms with E-state index in [-0.39, 0.29) is 51.1 Å². The van der Waals surface area contributed by atoms with E-state index in [0.717, 1.165) is 12.1 Å². The molecule has 0 saturated carbocycles. The summed E-state index contributed by atoms with van der Waals surface area (Å²) in [4.78, 5) is 0. The molecule has 12 heteroatoms. The van der Waals surface area contributed by atoms with E-state index in [9.17, 15) is 19.0 Å². The van der Waals surface area contributed by atoms with Gasteiger partial charge in [-0.1, -0.05) is 41.4 Å². The molecule has 0 aliphatic rings. The molecule has 0 aliphatic carbocycles. The van der Waals surface area contributed by atoms with Crippen LogP contribution >= 0.6 is 45.8 Å². The molecule has 6 nitrogen and oxygen atoms in total. The largest absolute Gasteiger partial charge is 0.507 e. The molecule has 0 aromatic heterocycles. The van der Waals surface area contributed by atoms with Gasteiger partial charge in [0, 0.05) is 22.5 Å². The first kappa shape index (κ1) is 29.5. The van der Waals surface area contributed by atoms with Crippen LogP contribution in [0.3, 0.4) is 0 Å². The van der Waals surface area contributed by atoms with E-state index in [4.69, 9.17) is 43.5 Å². The van der Waals surface area contributed by atoms with Crippen molar-refractivity contribution < 1.29 is 40.7 Å². The molecule has 0 atom stereocenters. The molecule has 6 N–H and O–H groups in total. The lowest BCUT2D eigenvalue weighted by molar-refractivity contribution is 0.423. The summed E-state index contributed by atoms with van der Waals surface area (Å²) in [6.45, 7) is 0.